The van der Waals surface area contributed by atoms with Crippen molar-refractivity contribution in [3.63, 3.8) is 0 Å². The number of anilines is 1. The monoisotopic (exact) mass is 488 g/mol. The summed E-state index contributed by atoms with van der Waals surface area (Å²) < 4.78 is 0. The molecule has 0 bridgehead atoms. The third-order valence-corrected chi connectivity index (χ3v) is 6.36. The molecule has 0 unspecified atom stereocenters. The van der Waals surface area contributed by atoms with Gasteiger partial charge < -0.3 is 5.32 Å². The highest BCUT2D eigenvalue weighted by Gasteiger charge is 2.15. The molecule has 0 fully saturated rings. The Morgan fingerprint density at radius 2 is 1.71 bits per heavy atom. The summed E-state index contributed by atoms with van der Waals surface area (Å²) in [5.41, 5.74) is 6.03. The molecule has 0 saturated carbocycles. The van der Waals surface area contributed by atoms with E-state index >= 15 is 0 Å². The first-order chi connectivity index (χ1) is 16.6. The Kier molecular flexibility index (Phi) is 9.32. The van der Waals surface area contributed by atoms with Crippen molar-refractivity contribution in [2.24, 2.45) is 0 Å². The van der Waals surface area contributed by atoms with Crippen LogP contribution in [0.3, 0.4) is 0 Å². The van der Waals surface area contributed by atoms with Crippen LogP contribution in [0.25, 0.3) is 22.4 Å². The SMILES string of the molecule is CC.CCc1ccc(-c2cc(SC)ccc2C(=O)Nc2ccc(Cl)c(-c3ccccn3)c2)cc1. The van der Waals surface area contributed by atoms with Crippen LogP contribution < -0.4 is 5.32 Å². The number of nitrogens with zero attached hydrogens (tertiary/aromatic N) is 1. The first-order valence-electron chi connectivity index (χ1n) is 11.4. The van der Waals surface area contributed by atoms with Gasteiger partial charge in [-0.15, -0.1) is 11.8 Å². The molecule has 174 valence electrons. The molecule has 4 rings (SSSR count). The van der Waals surface area contributed by atoms with Gasteiger partial charge in [0.15, 0.2) is 0 Å². The Morgan fingerprint density at radius 3 is 2.35 bits per heavy atom. The molecule has 0 aliphatic rings. The molecule has 0 spiro atoms. The molecule has 0 saturated heterocycles. The van der Waals surface area contributed by atoms with E-state index in [-0.39, 0.29) is 5.91 Å². The lowest BCUT2D eigenvalue weighted by Gasteiger charge is -2.13. The van der Waals surface area contributed by atoms with Gasteiger partial charge in [0.2, 0.25) is 0 Å². The topological polar surface area (TPSA) is 42.0 Å². The highest BCUT2D eigenvalue weighted by Crippen LogP contribution is 2.32. The maximum absolute atomic E-state index is 13.3. The van der Waals surface area contributed by atoms with Gasteiger partial charge >= 0.3 is 0 Å². The van der Waals surface area contributed by atoms with Crippen LogP contribution in [-0.2, 0) is 6.42 Å². The summed E-state index contributed by atoms with van der Waals surface area (Å²) in [6.07, 6.45) is 4.74. The molecule has 3 aromatic carbocycles. The van der Waals surface area contributed by atoms with Crippen LogP contribution >= 0.6 is 23.4 Å². The molecule has 0 radical (unpaired) electrons. The van der Waals surface area contributed by atoms with Crippen molar-refractivity contribution in [1.82, 2.24) is 4.98 Å². The standard InChI is InChI=1S/C27H23ClN2OS.C2H6/c1-3-18-7-9-19(10-8-18)23-17-21(32-2)12-13-22(23)27(31)30-20-11-14-25(28)24(16-20)26-6-4-5-15-29-26;1-2/h4-17H,3H2,1-2H3,(H,30,31);1-2H3. The largest absolute Gasteiger partial charge is 0.322 e. The third-order valence-electron chi connectivity index (χ3n) is 5.31. The van der Waals surface area contributed by atoms with Crippen molar-refractivity contribution in [2.75, 3.05) is 11.6 Å². The van der Waals surface area contributed by atoms with E-state index in [1.807, 2.05) is 56.5 Å². The lowest BCUT2D eigenvalue weighted by atomic mass is 9.97. The van der Waals surface area contributed by atoms with Gasteiger partial charge in [-0.3, -0.25) is 9.78 Å². The summed E-state index contributed by atoms with van der Waals surface area (Å²) in [7, 11) is 0. The zero-order valence-electron chi connectivity index (χ0n) is 19.9. The Labute approximate surface area is 211 Å². The molecule has 0 aliphatic heterocycles. The fourth-order valence-corrected chi connectivity index (χ4v) is 4.18. The molecule has 1 aromatic heterocycles. The summed E-state index contributed by atoms with van der Waals surface area (Å²) >= 11 is 8.05. The predicted molar refractivity (Wildman–Crippen MR) is 147 cm³/mol. The molecular formula is C29H29ClN2OS. The van der Waals surface area contributed by atoms with Gasteiger partial charge in [0.05, 0.1) is 10.7 Å². The average Bonchev–Trinajstić information content (AvgIpc) is 2.91. The number of aromatic nitrogens is 1. The van der Waals surface area contributed by atoms with Gasteiger partial charge in [-0.2, -0.15) is 0 Å². The van der Waals surface area contributed by atoms with Crippen LogP contribution in [-0.4, -0.2) is 17.1 Å². The van der Waals surface area contributed by atoms with Crippen LogP contribution in [0.4, 0.5) is 5.69 Å². The molecule has 1 amide bonds. The van der Waals surface area contributed by atoms with Crippen LogP contribution in [0, 0.1) is 0 Å². The van der Waals surface area contributed by atoms with Gasteiger partial charge in [0.1, 0.15) is 0 Å². The summed E-state index contributed by atoms with van der Waals surface area (Å²) in [6.45, 7) is 6.13. The van der Waals surface area contributed by atoms with Crippen molar-refractivity contribution >= 4 is 35.0 Å². The van der Waals surface area contributed by atoms with Gasteiger partial charge in [0, 0.05) is 27.9 Å². The van der Waals surface area contributed by atoms with Crippen LogP contribution in [0.15, 0.2) is 90.0 Å². The highest BCUT2D eigenvalue weighted by molar-refractivity contribution is 7.98. The van der Waals surface area contributed by atoms with Gasteiger partial charge in [-0.05, 0) is 77.9 Å². The number of carbonyl (C=O) groups is 1. The van der Waals surface area contributed by atoms with Crippen LogP contribution in [0.1, 0.15) is 36.7 Å². The van der Waals surface area contributed by atoms with Crippen molar-refractivity contribution in [1.29, 1.82) is 0 Å². The van der Waals surface area contributed by atoms with Crippen LogP contribution in [0.5, 0.6) is 0 Å². The van der Waals surface area contributed by atoms with E-state index in [2.05, 4.69) is 47.6 Å². The van der Waals surface area contributed by atoms with E-state index in [0.29, 0.717) is 16.3 Å². The first-order valence-corrected chi connectivity index (χ1v) is 13.0. The zero-order chi connectivity index (χ0) is 24.5. The van der Waals surface area contributed by atoms with E-state index in [1.165, 1.54) is 5.56 Å². The van der Waals surface area contributed by atoms with E-state index in [9.17, 15) is 4.79 Å². The molecule has 0 aliphatic carbocycles. The van der Waals surface area contributed by atoms with E-state index in [4.69, 9.17) is 11.6 Å². The second kappa shape index (κ2) is 12.4. The van der Waals surface area contributed by atoms with Gasteiger partial charge in [-0.25, -0.2) is 0 Å². The van der Waals surface area contributed by atoms with E-state index < -0.39 is 0 Å². The quantitative estimate of drug-likeness (QED) is 0.276. The number of thioether (sulfide) groups is 1. The summed E-state index contributed by atoms with van der Waals surface area (Å²) in [4.78, 5) is 18.8. The molecule has 34 heavy (non-hydrogen) atoms. The van der Waals surface area contributed by atoms with Gasteiger partial charge in [-0.1, -0.05) is 62.7 Å². The van der Waals surface area contributed by atoms with E-state index in [0.717, 1.165) is 33.7 Å². The molecule has 3 nitrogen and oxygen atoms in total. The number of benzene rings is 3. The van der Waals surface area contributed by atoms with Crippen molar-refractivity contribution < 1.29 is 4.79 Å². The second-order valence-electron chi connectivity index (χ2n) is 7.33. The fraction of sp³-hybridized carbons (Fsp3) is 0.172. The normalized spacial score (nSPS) is 10.3. The Bertz CT molecular complexity index is 1240. The summed E-state index contributed by atoms with van der Waals surface area (Å²) in [5.74, 6) is -0.165. The minimum atomic E-state index is -0.165. The Balaban J connectivity index is 0.00000158. The number of halogens is 1. The predicted octanol–water partition coefficient (Wildman–Crippen LogP) is 8.63. The Morgan fingerprint density at radius 1 is 0.941 bits per heavy atom. The lowest BCUT2D eigenvalue weighted by Crippen LogP contribution is -2.13. The first kappa shape index (κ1) is 25.5. The molecular weight excluding hydrogens is 460 g/mol. The smallest absolute Gasteiger partial charge is 0.256 e. The van der Waals surface area contributed by atoms with Crippen molar-refractivity contribution in [3.8, 4) is 22.4 Å². The van der Waals surface area contributed by atoms with Crippen molar-refractivity contribution in [2.45, 2.75) is 32.1 Å². The van der Waals surface area contributed by atoms with Crippen molar-refractivity contribution in [3.05, 3.63) is 101 Å². The molecule has 0 atom stereocenters. The number of aryl methyl sites for hydroxylation is 1. The lowest BCUT2D eigenvalue weighted by molar-refractivity contribution is 0.102. The average molecular weight is 489 g/mol. The maximum atomic E-state index is 13.3. The van der Waals surface area contributed by atoms with Crippen LogP contribution in [0.2, 0.25) is 5.02 Å². The minimum absolute atomic E-state index is 0.165. The number of rotatable bonds is 6. The fourth-order valence-electron chi connectivity index (χ4n) is 3.53. The summed E-state index contributed by atoms with van der Waals surface area (Å²) in [5, 5.41) is 3.62. The number of nitrogens with one attached hydrogen (secondary N) is 1. The van der Waals surface area contributed by atoms with E-state index in [1.54, 1.807) is 30.1 Å². The summed E-state index contributed by atoms with van der Waals surface area (Å²) in [6, 6.07) is 25.4. The third kappa shape index (κ3) is 6.07. The number of hydrogen-bond donors (Lipinski definition) is 1. The van der Waals surface area contributed by atoms with Gasteiger partial charge in [0.25, 0.3) is 5.91 Å². The minimum Gasteiger partial charge on any atom is -0.322 e. The molecule has 5 heteroatoms. The number of hydrogen-bond acceptors (Lipinski definition) is 3. The molecule has 1 heterocycles. The highest BCUT2D eigenvalue weighted by atomic mass is 35.5. The zero-order valence-corrected chi connectivity index (χ0v) is 21.5. The number of amides is 1. The maximum Gasteiger partial charge on any atom is 0.256 e. The number of pyridine rings is 1. The second-order valence-corrected chi connectivity index (χ2v) is 8.61. The molecule has 4 aromatic rings. The number of carbonyl (C=O) groups excluding carboxylic acids is 1. The molecule has 1 N–H and O–H groups in total. The Hall–Kier alpha value is -3.08.